The number of carbonyl (C=O) groups is 3. The van der Waals surface area contributed by atoms with E-state index in [1.54, 1.807) is 0 Å². The molecule has 222 valence electrons. The van der Waals surface area contributed by atoms with Crippen LogP contribution >= 0.6 is 0 Å². The molecule has 0 saturated carbocycles. The number of hydrogen-bond acceptors (Lipinski definition) is 4. The van der Waals surface area contributed by atoms with Crippen molar-refractivity contribution in [3.63, 3.8) is 0 Å². The van der Waals surface area contributed by atoms with Crippen molar-refractivity contribution in [3.8, 4) is 0 Å². The molecule has 7 heteroatoms. The van der Waals surface area contributed by atoms with Gasteiger partial charge in [0.25, 0.3) is 5.91 Å². The van der Waals surface area contributed by atoms with Gasteiger partial charge in [-0.2, -0.15) is 0 Å². The van der Waals surface area contributed by atoms with Crippen LogP contribution in [0.3, 0.4) is 0 Å². The number of benzene rings is 4. The lowest BCUT2D eigenvalue weighted by Gasteiger charge is -2.22. The quantitative estimate of drug-likeness (QED) is 0.139. The zero-order chi connectivity index (χ0) is 30.3. The topological polar surface area (TPSA) is 96.5 Å². The van der Waals surface area contributed by atoms with E-state index in [9.17, 15) is 14.4 Å². The predicted molar refractivity (Wildman–Crippen MR) is 168 cm³/mol. The zero-order valence-corrected chi connectivity index (χ0v) is 24.5. The van der Waals surface area contributed by atoms with Crippen molar-refractivity contribution in [1.29, 1.82) is 0 Å². The Balaban J connectivity index is 1.43. The average molecular weight is 578 g/mol. The van der Waals surface area contributed by atoms with E-state index in [-0.39, 0.29) is 18.9 Å². The fourth-order valence-corrected chi connectivity index (χ4v) is 4.69. The summed E-state index contributed by atoms with van der Waals surface area (Å²) in [6.07, 6.45) is 1.81. The van der Waals surface area contributed by atoms with Gasteiger partial charge in [-0.05, 0) is 54.9 Å². The molecular formula is C36H39N3O4. The number of rotatable bonds is 15. The summed E-state index contributed by atoms with van der Waals surface area (Å²) in [6.45, 7) is 2.63. The average Bonchev–Trinajstić information content (AvgIpc) is 3.04. The highest BCUT2D eigenvalue weighted by Crippen LogP contribution is 2.13. The molecule has 0 spiro atoms. The van der Waals surface area contributed by atoms with Gasteiger partial charge in [-0.1, -0.05) is 121 Å². The van der Waals surface area contributed by atoms with Crippen molar-refractivity contribution in [2.45, 2.75) is 45.3 Å². The van der Waals surface area contributed by atoms with Crippen molar-refractivity contribution in [2.75, 3.05) is 6.54 Å². The number of aryl methyl sites for hydroxylation is 2. The molecule has 0 saturated heterocycles. The molecule has 3 N–H and O–H groups in total. The maximum atomic E-state index is 13.7. The van der Waals surface area contributed by atoms with Gasteiger partial charge in [0.1, 0.15) is 12.0 Å². The van der Waals surface area contributed by atoms with E-state index in [4.69, 9.17) is 4.84 Å². The first kappa shape index (κ1) is 31.2. The number of hydrogen-bond donors (Lipinski definition) is 3. The lowest BCUT2D eigenvalue weighted by atomic mass is 9.96. The number of nitrogens with one attached hydrogen (secondary N) is 3. The maximum absolute atomic E-state index is 13.7. The van der Waals surface area contributed by atoms with Crippen molar-refractivity contribution in [1.82, 2.24) is 16.1 Å². The molecule has 4 rings (SSSR count). The van der Waals surface area contributed by atoms with Crippen molar-refractivity contribution in [3.05, 3.63) is 143 Å². The first-order chi connectivity index (χ1) is 21.0. The van der Waals surface area contributed by atoms with Crippen LogP contribution < -0.4 is 16.1 Å². The smallest absolute Gasteiger partial charge is 0.256 e. The summed E-state index contributed by atoms with van der Waals surface area (Å²) in [6, 6.07) is 35.9. The second-order valence-electron chi connectivity index (χ2n) is 10.6. The van der Waals surface area contributed by atoms with Crippen molar-refractivity contribution in [2.24, 2.45) is 5.92 Å². The molecule has 4 aromatic carbocycles. The first-order valence-corrected chi connectivity index (χ1v) is 14.6. The minimum atomic E-state index is -1.10. The molecule has 0 bridgehead atoms. The Labute approximate surface area is 253 Å². The van der Waals surface area contributed by atoms with Gasteiger partial charge in [0, 0.05) is 6.54 Å². The van der Waals surface area contributed by atoms with Crippen molar-refractivity contribution < 1.29 is 19.2 Å². The Hall–Kier alpha value is -4.75. The predicted octanol–water partition coefficient (Wildman–Crippen LogP) is 4.88. The molecule has 7 nitrogen and oxygen atoms in total. The molecule has 0 aliphatic carbocycles. The Morgan fingerprint density at radius 3 is 1.81 bits per heavy atom. The van der Waals surface area contributed by atoms with Gasteiger partial charge in [-0.25, -0.2) is 5.48 Å². The molecule has 0 radical (unpaired) electrons. The Bertz CT molecular complexity index is 1430. The summed E-state index contributed by atoms with van der Waals surface area (Å²) in [4.78, 5) is 45.8. The van der Waals surface area contributed by atoms with Gasteiger partial charge in [0.15, 0.2) is 0 Å². The van der Waals surface area contributed by atoms with Crippen LogP contribution in [-0.4, -0.2) is 30.3 Å². The standard InChI is InChI=1S/C36H39N3O4/c1-27-17-19-29(20-18-27)23-24-37-36(42)33(22-21-28-11-5-2-6-12-28)38-34(40)32(25-30-13-7-3-8-14-30)35(41)39-43-26-31-15-9-4-10-16-31/h2-20,32-33H,21-26H2,1H3,(H,37,42)(H,38,40)(H,39,41)/t32?,33-/m0/s1. The van der Waals surface area contributed by atoms with Gasteiger partial charge in [-0.3, -0.25) is 19.2 Å². The van der Waals surface area contributed by atoms with Crippen LogP contribution in [-0.2, 0) is 45.1 Å². The third-order valence-electron chi connectivity index (χ3n) is 7.20. The Morgan fingerprint density at radius 2 is 1.19 bits per heavy atom. The van der Waals surface area contributed by atoms with Crippen LogP contribution in [0.1, 0.15) is 34.2 Å². The molecule has 4 aromatic rings. The van der Waals surface area contributed by atoms with E-state index < -0.39 is 23.8 Å². The van der Waals surface area contributed by atoms with Crippen LogP contribution in [0.4, 0.5) is 0 Å². The molecule has 0 fully saturated rings. The summed E-state index contributed by atoms with van der Waals surface area (Å²) in [7, 11) is 0. The van der Waals surface area contributed by atoms with Crippen LogP contribution in [0.25, 0.3) is 0 Å². The monoisotopic (exact) mass is 577 g/mol. The fraction of sp³-hybridized carbons (Fsp3) is 0.250. The highest BCUT2D eigenvalue weighted by Gasteiger charge is 2.31. The lowest BCUT2D eigenvalue weighted by Crippen LogP contribution is -2.51. The van der Waals surface area contributed by atoms with Gasteiger partial charge in [0.2, 0.25) is 11.8 Å². The third kappa shape index (κ3) is 10.5. The van der Waals surface area contributed by atoms with Gasteiger partial charge < -0.3 is 10.6 Å². The second-order valence-corrected chi connectivity index (χ2v) is 10.6. The van der Waals surface area contributed by atoms with E-state index in [0.717, 1.165) is 22.3 Å². The SMILES string of the molecule is Cc1ccc(CCNC(=O)[C@H](CCc2ccccc2)NC(=O)C(Cc2ccccc2)C(=O)NOCc2ccccc2)cc1. The largest absolute Gasteiger partial charge is 0.354 e. The van der Waals surface area contributed by atoms with E-state index in [1.807, 2.05) is 122 Å². The Kier molecular flexibility index (Phi) is 12.1. The van der Waals surface area contributed by atoms with E-state index in [1.165, 1.54) is 5.56 Å². The minimum Gasteiger partial charge on any atom is -0.354 e. The van der Waals surface area contributed by atoms with Gasteiger partial charge in [-0.15, -0.1) is 0 Å². The van der Waals surface area contributed by atoms with Crippen LogP contribution in [0, 0.1) is 12.8 Å². The summed E-state index contributed by atoms with van der Waals surface area (Å²) < 4.78 is 0. The molecule has 1 unspecified atom stereocenters. The van der Waals surface area contributed by atoms with Crippen LogP contribution in [0.15, 0.2) is 115 Å². The van der Waals surface area contributed by atoms with Crippen molar-refractivity contribution >= 4 is 17.7 Å². The Morgan fingerprint density at radius 1 is 0.628 bits per heavy atom. The molecule has 43 heavy (non-hydrogen) atoms. The summed E-state index contributed by atoms with van der Waals surface area (Å²) in [5, 5.41) is 5.86. The second kappa shape index (κ2) is 16.6. The van der Waals surface area contributed by atoms with Gasteiger partial charge in [0.05, 0.1) is 6.61 Å². The normalized spacial score (nSPS) is 12.1. The van der Waals surface area contributed by atoms with Crippen LogP contribution in [0.5, 0.6) is 0 Å². The highest BCUT2D eigenvalue weighted by atomic mass is 16.6. The van der Waals surface area contributed by atoms with Gasteiger partial charge >= 0.3 is 0 Å². The summed E-state index contributed by atoms with van der Waals surface area (Å²) in [5.41, 5.74) is 7.51. The van der Waals surface area contributed by atoms with E-state index >= 15 is 0 Å². The van der Waals surface area contributed by atoms with Crippen LogP contribution in [0.2, 0.25) is 0 Å². The molecular weight excluding hydrogens is 538 g/mol. The summed E-state index contributed by atoms with van der Waals surface area (Å²) in [5.74, 6) is -2.48. The van der Waals surface area contributed by atoms with E-state index in [2.05, 4.69) is 16.1 Å². The molecule has 0 aliphatic rings. The highest BCUT2D eigenvalue weighted by molar-refractivity contribution is 6.01. The molecule has 3 amide bonds. The lowest BCUT2D eigenvalue weighted by molar-refractivity contribution is -0.145. The third-order valence-corrected chi connectivity index (χ3v) is 7.20. The first-order valence-electron chi connectivity index (χ1n) is 14.6. The number of carbonyl (C=O) groups excluding carboxylic acids is 3. The number of hydroxylamine groups is 1. The molecule has 0 aromatic heterocycles. The summed E-state index contributed by atoms with van der Waals surface area (Å²) >= 11 is 0. The maximum Gasteiger partial charge on any atom is 0.256 e. The molecule has 2 atom stereocenters. The molecule has 0 heterocycles. The fourth-order valence-electron chi connectivity index (χ4n) is 4.69. The number of amides is 3. The van der Waals surface area contributed by atoms with E-state index in [0.29, 0.717) is 25.8 Å². The minimum absolute atomic E-state index is 0.160. The zero-order valence-electron chi connectivity index (χ0n) is 24.5. The molecule has 0 aliphatic heterocycles.